The third-order valence-corrected chi connectivity index (χ3v) is 6.59. The van der Waals surface area contributed by atoms with Crippen LogP contribution >= 0.6 is 34.5 Å². The molecular formula is C23H19Cl2N3O3S. The van der Waals surface area contributed by atoms with Gasteiger partial charge in [0.15, 0.2) is 0 Å². The van der Waals surface area contributed by atoms with Crippen LogP contribution in [0.15, 0.2) is 47.8 Å². The number of hydrogen-bond acceptors (Lipinski definition) is 6. The predicted molar refractivity (Wildman–Crippen MR) is 125 cm³/mol. The van der Waals surface area contributed by atoms with Gasteiger partial charge in [-0.2, -0.15) is 5.26 Å². The molecule has 0 spiro atoms. The highest BCUT2D eigenvalue weighted by Crippen LogP contribution is 2.35. The van der Waals surface area contributed by atoms with Gasteiger partial charge in [0.2, 0.25) is 0 Å². The van der Waals surface area contributed by atoms with Gasteiger partial charge in [0.05, 0.1) is 34.7 Å². The Morgan fingerprint density at radius 3 is 2.72 bits per heavy atom. The summed E-state index contributed by atoms with van der Waals surface area (Å²) in [4.78, 5) is 29.6. The monoisotopic (exact) mass is 487 g/mol. The van der Waals surface area contributed by atoms with Crippen LogP contribution in [0.5, 0.6) is 0 Å². The van der Waals surface area contributed by atoms with Gasteiger partial charge >= 0.3 is 5.97 Å². The number of aromatic nitrogens is 1. The molecule has 6 nitrogen and oxygen atoms in total. The van der Waals surface area contributed by atoms with E-state index in [1.165, 1.54) is 18.4 Å². The Morgan fingerprint density at radius 2 is 2.00 bits per heavy atom. The van der Waals surface area contributed by atoms with E-state index in [-0.39, 0.29) is 5.69 Å². The van der Waals surface area contributed by atoms with E-state index in [0.717, 1.165) is 5.56 Å². The largest absolute Gasteiger partial charge is 0.469 e. The number of esters is 1. The molecule has 2 aromatic carbocycles. The van der Waals surface area contributed by atoms with E-state index < -0.39 is 23.8 Å². The Labute approximate surface area is 199 Å². The fourth-order valence-electron chi connectivity index (χ4n) is 3.19. The summed E-state index contributed by atoms with van der Waals surface area (Å²) in [5.74, 6) is -1.51. The third kappa shape index (κ3) is 5.46. The van der Waals surface area contributed by atoms with Crippen molar-refractivity contribution in [1.82, 2.24) is 10.3 Å². The maximum absolute atomic E-state index is 12.8. The molecule has 2 unspecified atom stereocenters. The Hall–Kier alpha value is -2.92. The zero-order valence-corrected chi connectivity index (χ0v) is 19.6. The third-order valence-electron chi connectivity index (χ3n) is 4.90. The molecule has 0 saturated heterocycles. The topological polar surface area (TPSA) is 92.1 Å². The molecule has 0 aliphatic heterocycles. The summed E-state index contributed by atoms with van der Waals surface area (Å²) in [7, 11) is 1.30. The zero-order valence-electron chi connectivity index (χ0n) is 17.3. The SMILES string of the molecule is COC(=O)C(Cc1cccc(C#N)c1)C(C)NC(=O)c1csc(-c2cccc(Cl)c2Cl)n1. The summed E-state index contributed by atoms with van der Waals surface area (Å²) in [5, 5.41) is 14.9. The molecule has 164 valence electrons. The average molecular weight is 488 g/mol. The molecule has 3 aromatic rings. The molecule has 0 aliphatic carbocycles. The zero-order chi connectivity index (χ0) is 23.3. The van der Waals surface area contributed by atoms with Crippen LogP contribution in [0.1, 0.15) is 28.5 Å². The predicted octanol–water partition coefficient (Wildman–Crippen LogP) is 5.14. The number of halogens is 2. The fourth-order valence-corrected chi connectivity index (χ4v) is 4.47. The van der Waals surface area contributed by atoms with Gasteiger partial charge in [-0.15, -0.1) is 11.3 Å². The van der Waals surface area contributed by atoms with E-state index in [9.17, 15) is 9.59 Å². The first kappa shape index (κ1) is 23.7. The van der Waals surface area contributed by atoms with Crippen LogP contribution < -0.4 is 5.32 Å². The Morgan fingerprint density at radius 1 is 1.25 bits per heavy atom. The Kier molecular flexibility index (Phi) is 7.86. The number of nitrogens with one attached hydrogen (secondary N) is 1. The molecule has 0 saturated carbocycles. The molecule has 1 N–H and O–H groups in total. The van der Waals surface area contributed by atoms with Crippen LogP contribution in [0.2, 0.25) is 10.0 Å². The van der Waals surface area contributed by atoms with Crippen molar-refractivity contribution in [2.75, 3.05) is 7.11 Å². The van der Waals surface area contributed by atoms with E-state index in [2.05, 4.69) is 16.4 Å². The van der Waals surface area contributed by atoms with E-state index in [1.807, 2.05) is 6.07 Å². The van der Waals surface area contributed by atoms with E-state index >= 15 is 0 Å². The second-order valence-corrected chi connectivity index (χ2v) is 8.69. The summed E-state index contributed by atoms with van der Waals surface area (Å²) < 4.78 is 4.94. The molecule has 0 bridgehead atoms. The summed E-state index contributed by atoms with van der Waals surface area (Å²) >= 11 is 13.6. The number of carbonyl (C=O) groups excluding carboxylic acids is 2. The average Bonchev–Trinajstić information content (AvgIpc) is 3.29. The molecule has 9 heteroatoms. The maximum Gasteiger partial charge on any atom is 0.311 e. The number of carbonyl (C=O) groups is 2. The van der Waals surface area contributed by atoms with Gasteiger partial charge in [0, 0.05) is 17.0 Å². The lowest BCUT2D eigenvalue weighted by Gasteiger charge is -2.22. The summed E-state index contributed by atoms with van der Waals surface area (Å²) in [6.45, 7) is 1.73. The van der Waals surface area contributed by atoms with Crippen LogP contribution in [0.4, 0.5) is 0 Å². The van der Waals surface area contributed by atoms with Gasteiger partial charge in [0.1, 0.15) is 10.7 Å². The number of methoxy groups -OCH3 is 1. The van der Waals surface area contributed by atoms with Crippen LogP contribution in [-0.2, 0) is 16.0 Å². The molecule has 0 radical (unpaired) electrons. The van der Waals surface area contributed by atoms with Gasteiger partial charge in [-0.3, -0.25) is 9.59 Å². The van der Waals surface area contributed by atoms with Crippen LogP contribution in [-0.4, -0.2) is 30.0 Å². The Bertz CT molecular complexity index is 1190. The molecule has 1 amide bonds. The van der Waals surface area contributed by atoms with Crippen LogP contribution in [0.3, 0.4) is 0 Å². The maximum atomic E-state index is 12.8. The van der Waals surface area contributed by atoms with Crippen molar-refractivity contribution in [3.63, 3.8) is 0 Å². The van der Waals surface area contributed by atoms with Crippen molar-refractivity contribution >= 4 is 46.4 Å². The van der Waals surface area contributed by atoms with E-state index in [0.29, 0.717) is 32.6 Å². The standard InChI is InChI=1S/C23H19Cl2N3O3S/c1-13(17(23(30)31-2)10-14-5-3-6-15(9-14)11-26)27-21(29)19-12-32-22(28-19)16-7-4-8-18(24)20(16)25/h3-9,12-13,17H,10H2,1-2H3,(H,27,29). The van der Waals surface area contributed by atoms with Crippen molar-refractivity contribution in [2.45, 2.75) is 19.4 Å². The van der Waals surface area contributed by atoms with Crippen LogP contribution in [0.25, 0.3) is 10.6 Å². The normalized spacial score (nSPS) is 12.5. The second-order valence-electron chi connectivity index (χ2n) is 7.05. The van der Waals surface area contributed by atoms with E-state index in [4.69, 9.17) is 33.2 Å². The first-order valence-corrected chi connectivity index (χ1v) is 11.2. The highest BCUT2D eigenvalue weighted by molar-refractivity contribution is 7.13. The molecular weight excluding hydrogens is 469 g/mol. The molecule has 1 aromatic heterocycles. The van der Waals surface area contributed by atoms with Gasteiger partial charge in [-0.1, -0.05) is 47.5 Å². The molecule has 0 fully saturated rings. The number of thiazole rings is 1. The summed E-state index contributed by atoms with van der Waals surface area (Å²) in [6.07, 6.45) is 0.310. The highest BCUT2D eigenvalue weighted by atomic mass is 35.5. The van der Waals surface area contributed by atoms with Gasteiger partial charge < -0.3 is 10.1 Å². The second kappa shape index (κ2) is 10.6. The minimum atomic E-state index is -0.640. The molecule has 2 atom stereocenters. The summed E-state index contributed by atoms with van der Waals surface area (Å²) in [6, 6.07) is 13.7. The number of nitrogens with zero attached hydrogens (tertiary/aromatic N) is 2. The first-order chi connectivity index (χ1) is 15.3. The van der Waals surface area contributed by atoms with Crippen molar-refractivity contribution in [2.24, 2.45) is 5.92 Å². The number of nitriles is 1. The number of hydrogen-bond donors (Lipinski definition) is 1. The summed E-state index contributed by atoms with van der Waals surface area (Å²) in [5.41, 5.74) is 2.15. The highest BCUT2D eigenvalue weighted by Gasteiger charge is 2.28. The van der Waals surface area contributed by atoms with Gasteiger partial charge in [-0.25, -0.2) is 4.98 Å². The van der Waals surface area contributed by atoms with Gasteiger partial charge in [-0.05, 0) is 37.1 Å². The number of rotatable bonds is 7. The quantitative estimate of drug-likeness (QED) is 0.465. The fraction of sp³-hybridized carbons (Fsp3) is 0.217. The van der Waals surface area contributed by atoms with Crippen molar-refractivity contribution in [3.8, 4) is 16.6 Å². The lowest BCUT2D eigenvalue weighted by atomic mass is 9.92. The first-order valence-electron chi connectivity index (χ1n) is 9.61. The Balaban J connectivity index is 1.76. The molecule has 1 heterocycles. The molecule has 32 heavy (non-hydrogen) atoms. The lowest BCUT2D eigenvalue weighted by molar-refractivity contribution is -0.146. The van der Waals surface area contributed by atoms with Gasteiger partial charge in [0.25, 0.3) is 5.91 Å². The van der Waals surface area contributed by atoms with Crippen molar-refractivity contribution in [3.05, 3.63) is 74.7 Å². The minimum Gasteiger partial charge on any atom is -0.469 e. The smallest absolute Gasteiger partial charge is 0.311 e. The molecule has 0 aliphatic rings. The van der Waals surface area contributed by atoms with Crippen molar-refractivity contribution < 1.29 is 14.3 Å². The number of benzene rings is 2. The number of amides is 1. The van der Waals surface area contributed by atoms with Crippen molar-refractivity contribution in [1.29, 1.82) is 5.26 Å². The number of ether oxygens (including phenoxy) is 1. The minimum absolute atomic E-state index is 0.211. The molecule has 3 rings (SSSR count). The van der Waals surface area contributed by atoms with Crippen LogP contribution in [0, 0.1) is 17.2 Å². The lowest BCUT2D eigenvalue weighted by Crippen LogP contribution is -2.42. The van der Waals surface area contributed by atoms with E-state index in [1.54, 1.807) is 48.7 Å².